The van der Waals surface area contributed by atoms with Gasteiger partial charge in [-0.15, -0.1) is 0 Å². The van der Waals surface area contributed by atoms with E-state index in [1.54, 1.807) is 11.3 Å². The lowest BCUT2D eigenvalue weighted by molar-refractivity contribution is -0.138. The maximum atomic E-state index is 12.9. The Bertz CT molecular complexity index is 565. The van der Waals surface area contributed by atoms with Gasteiger partial charge in [0.1, 0.15) is 6.61 Å². The van der Waals surface area contributed by atoms with Crippen molar-refractivity contribution in [1.29, 1.82) is 0 Å². The Kier molecular flexibility index (Phi) is 5.41. The van der Waals surface area contributed by atoms with E-state index in [1.165, 1.54) is 18.4 Å². The van der Waals surface area contributed by atoms with E-state index < -0.39 is 0 Å². The summed E-state index contributed by atoms with van der Waals surface area (Å²) in [5, 5.41) is 7.67. The quantitative estimate of drug-likeness (QED) is 0.806. The van der Waals surface area contributed by atoms with Crippen LogP contribution in [0.4, 0.5) is 0 Å². The van der Waals surface area contributed by atoms with Crippen LogP contribution in [0.5, 0.6) is 0 Å². The highest BCUT2D eigenvalue weighted by molar-refractivity contribution is 7.07. The van der Waals surface area contributed by atoms with Crippen LogP contribution in [0.3, 0.4) is 0 Å². The number of hydrogen-bond donors (Lipinski definition) is 1. The molecule has 0 radical (unpaired) electrons. The van der Waals surface area contributed by atoms with E-state index in [0.717, 1.165) is 45.7 Å². The molecule has 1 spiro atoms. The van der Waals surface area contributed by atoms with Gasteiger partial charge in [0.2, 0.25) is 5.91 Å². The normalized spacial score (nSPS) is 27.5. The molecule has 1 aromatic rings. The van der Waals surface area contributed by atoms with Gasteiger partial charge in [-0.2, -0.15) is 11.3 Å². The van der Waals surface area contributed by atoms with E-state index in [9.17, 15) is 4.79 Å². The Morgan fingerprint density at radius 1 is 1.44 bits per heavy atom. The van der Waals surface area contributed by atoms with Crippen molar-refractivity contribution in [2.75, 3.05) is 39.5 Å². The number of piperidine rings is 1. The third kappa shape index (κ3) is 4.08. The van der Waals surface area contributed by atoms with Crippen LogP contribution in [0.2, 0.25) is 0 Å². The second kappa shape index (κ2) is 7.74. The van der Waals surface area contributed by atoms with Gasteiger partial charge in [0.25, 0.3) is 0 Å². The van der Waals surface area contributed by atoms with Crippen molar-refractivity contribution >= 4 is 17.2 Å². The molecule has 2 atom stereocenters. The van der Waals surface area contributed by atoms with E-state index in [4.69, 9.17) is 9.47 Å². The predicted octanol–water partition coefficient (Wildman–Crippen LogP) is 2.27. The van der Waals surface area contributed by atoms with Crippen LogP contribution in [0.15, 0.2) is 16.8 Å². The summed E-state index contributed by atoms with van der Waals surface area (Å²) in [5.41, 5.74) is 1.59. The molecule has 1 saturated carbocycles. The summed E-state index contributed by atoms with van der Waals surface area (Å²) < 4.78 is 11.1. The molecule has 0 aromatic carbocycles. The minimum Gasteiger partial charge on any atom is -0.381 e. The number of nitrogens with one attached hydrogen (secondary N) is 1. The molecule has 2 saturated heterocycles. The zero-order valence-electron chi connectivity index (χ0n) is 14.7. The molecule has 1 aromatic heterocycles. The van der Waals surface area contributed by atoms with Crippen molar-refractivity contribution in [3.63, 3.8) is 0 Å². The monoisotopic (exact) mass is 364 g/mol. The van der Waals surface area contributed by atoms with E-state index in [0.29, 0.717) is 24.0 Å². The molecule has 1 N–H and O–H groups in total. The lowest BCUT2D eigenvalue weighted by atomic mass is 9.93. The molecule has 138 valence electrons. The van der Waals surface area contributed by atoms with Gasteiger partial charge in [-0.05, 0) is 66.6 Å². The van der Waals surface area contributed by atoms with Crippen molar-refractivity contribution in [1.82, 2.24) is 10.2 Å². The number of rotatable bonds is 7. The third-order valence-corrected chi connectivity index (χ3v) is 6.71. The van der Waals surface area contributed by atoms with Gasteiger partial charge in [0.15, 0.2) is 0 Å². The summed E-state index contributed by atoms with van der Waals surface area (Å²) in [6.45, 7) is 5.31. The van der Waals surface area contributed by atoms with Crippen LogP contribution in [-0.4, -0.2) is 56.4 Å². The molecule has 4 rings (SSSR count). The lowest BCUT2D eigenvalue weighted by Gasteiger charge is -2.29. The Hall–Kier alpha value is -0.950. The van der Waals surface area contributed by atoms with E-state index in [-0.39, 0.29) is 12.5 Å². The van der Waals surface area contributed by atoms with E-state index in [1.807, 2.05) is 0 Å². The second-order valence-electron chi connectivity index (χ2n) is 7.73. The number of carbonyl (C=O) groups excluding carboxylic acids is 1. The average Bonchev–Trinajstić information content (AvgIpc) is 3.07. The number of nitrogens with zero attached hydrogens (tertiary/aromatic N) is 1. The molecule has 3 heterocycles. The molecular weight excluding hydrogens is 336 g/mol. The van der Waals surface area contributed by atoms with Crippen molar-refractivity contribution in [3.8, 4) is 0 Å². The maximum absolute atomic E-state index is 12.9. The molecule has 6 heteroatoms. The molecule has 5 nitrogen and oxygen atoms in total. The molecule has 0 bridgehead atoms. The maximum Gasteiger partial charge on any atom is 0.249 e. The van der Waals surface area contributed by atoms with Crippen molar-refractivity contribution in [2.45, 2.75) is 38.3 Å². The lowest BCUT2D eigenvalue weighted by Crippen LogP contribution is -2.40. The summed E-state index contributed by atoms with van der Waals surface area (Å²) in [4.78, 5) is 15.0. The molecule has 3 fully saturated rings. The van der Waals surface area contributed by atoms with E-state index >= 15 is 0 Å². The molecule has 1 amide bonds. The zero-order chi connectivity index (χ0) is 17.1. The van der Waals surface area contributed by atoms with Crippen LogP contribution in [-0.2, 0) is 20.8 Å². The SMILES string of the molecule is O=C(COCC1CCOC1)N(Cc1ccsc1)C1CC12CCNCC2. The van der Waals surface area contributed by atoms with Gasteiger partial charge in [-0.25, -0.2) is 0 Å². The van der Waals surface area contributed by atoms with Crippen LogP contribution >= 0.6 is 11.3 Å². The van der Waals surface area contributed by atoms with Gasteiger partial charge in [-0.1, -0.05) is 0 Å². The highest BCUT2D eigenvalue weighted by atomic mass is 32.1. The Balaban J connectivity index is 1.35. The largest absolute Gasteiger partial charge is 0.381 e. The first-order valence-electron chi connectivity index (χ1n) is 9.44. The standard InChI is InChI=1S/C19H28N2O3S/c22-18(13-24-12-16-1-7-23-11-16)21(10-15-2-8-25-14-15)17-9-19(17)3-5-20-6-4-19/h2,8,14,16-17,20H,1,3-7,9-13H2. The van der Waals surface area contributed by atoms with Crippen molar-refractivity contribution in [3.05, 3.63) is 22.4 Å². The number of carbonyl (C=O) groups is 1. The molecular formula is C19H28N2O3S. The van der Waals surface area contributed by atoms with Crippen LogP contribution in [0, 0.1) is 11.3 Å². The molecule has 2 unspecified atom stereocenters. The Morgan fingerprint density at radius 3 is 3.04 bits per heavy atom. The topological polar surface area (TPSA) is 50.8 Å². The Morgan fingerprint density at radius 2 is 2.32 bits per heavy atom. The predicted molar refractivity (Wildman–Crippen MR) is 97.6 cm³/mol. The van der Waals surface area contributed by atoms with Crippen LogP contribution in [0.1, 0.15) is 31.2 Å². The summed E-state index contributed by atoms with van der Waals surface area (Å²) in [6.07, 6.45) is 4.57. The van der Waals surface area contributed by atoms with Gasteiger partial charge >= 0.3 is 0 Å². The molecule has 2 aliphatic heterocycles. The van der Waals surface area contributed by atoms with Crippen LogP contribution < -0.4 is 5.32 Å². The fraction of sp³-hybridized carbons (Fsp3) is 0.737. The average molecular weight is 365 g/mol. The highest BCUT2D eigenvalue weighted by Crippen LogP contribution is 2.56. The second-order valence-corrected chi connectivity index (χ2v) is 8.51. The van der Waals surface area contributed by atoms with Gasteiger partial charge in [0.05, 0.1) is 13.2 Å². The molecule has 1 aliphatic carbocycles. The number of thiophene rings is 1. The third-order valence-electron chi connectivity index (χ3n) is 5.98. The van der Waals surface area contributed by atoms with Crippen LogP contribution in [0.25, 0.3) is 0 Å². The first kappa shape index (κ1) is 17.5. The number of ether oxygens (including phenoxy) is 2. The van der Waals surface area contributed by atoms with Gasteiger partial charge in [-0.3, -0.25) is 4.79 Å². The zero-order valence-corrected chi connectivity index (χ0v) is 15.6. The molecule has 3 aliphatic rings. The first-order chi connectivity index (χ1) is 12.3. The molecule has 25 heavy (non-hydrogen) atoms. The fourth-order valence-corrected chi connectivity index (χ4v) is 4.95. The minimum atomic E-state index is 0.144. The van der Waals surface area contributed by atoms with Crippen molar-refractivity contribution < 1.29 is 14.3 Å². The summed E-state index contributed by atoms with van der Waals surface area (Å²) in [6, 6.07) is 2.51. The summed E-state index contributed by atoms with van der Waals surface area (Å²) >= 11 is 1.69. The first-order valence-corrected chi connectivity index (χ1v) is 10.4. The van der Waals surface area contributed by atoms with Gasteiger partial charge < -0.3 is 19.7 Å². The smallest absolute Gasteiger partial charge is 0.249 e. The highest BCUT2D eigenvalue weighted by Gasteiger charge is 2.57. The Labute approximate surface area is 153 Å². The number of amides is 1. The number of hydrogen-bond acceptors (Lipinski definition) is 5. The fourth-order valence-electron chi connectivity index (χ4n) is 4.29. The van der Waals surface area contributed by atoms with Crippen molar-refractivity contribution in [2.24, 2.45) is 11.3 Å². The minimum absolute atomic E-state index is 0.144. The van der Waals surface area contributed by atoms with Gasteiger partial charge in [0, 0.05) is 25.1 Å². The summed E-state index contributed by atoms with van der Waals surface area (Å²) in [7, 11) is 0. The van der Waals surface area contributed by atoms with E-state index in [2.05, 4.69) is 27.0 Å². The summed E-state index contributed by atoms with van der Waals surface area (Å²) in [5.74, 6) is 0.598.